The van der Waals surface area contributed by atoms with Crippen LogP contribution in [0, 0.1) is 0 Å². The maximum Gasteiger partial charge on any atom is 0.251 e. The van der Waals surface area contributed by atoms with E-state index in [9.17, 15) is 8.78 Å². The largest absolute Gasteiger partial charge is 0.326 e. The Morgan fingerprint density at radius 2 is 1.86 bits per heavy atom. The topological polar surface area (TPSA) is 29.3 Å². The van der Waals surface area contributed by atoms with Crippen molar-refractivity contribution in [2.45, 2.75) is 51.6 Å². The van der Waals surface area contributed by atoms with Gasteiger partial charge in [0.1, 0.15) is 0 Å². The highest BCUT2D eigenvalue weighted by atomic mass is 19.3. The minimum absolute atomic E-state index is 0.00810. The normalized spacial score (nSPS) is 16.3. The quantitative estimate of drug-likeness (QED) is 0.694. The fourth-order valence-electron chi connectivity index (χ4n) is 1.82. The zero-order valence-electron chi connectivity index (χ0n) is 9.34. The molecule has 86 valence electrons. The molecule has 0 aromatic carbocycles. The SMILES string of the molecule is CCCC(N)C(CC)N(C)CC(F)F. The molecule has 0 aliphatic rings. The number of hydrogen-bond donors (Lipinski definition) is 1. The van der Waals surface area contributed by atoms with Crippen LogP contribution in [0.2, 0.25) is 0 Å². The van der Waals surface area contributed by atoms with Crippen molar-refractivity contribution in [3.05, 3.63) is 0 Å². The Morgan fingerprint density at radius 1 is 1.29 bits per heavy atom. The maximum atomic E-state index is 12.1. The lowest BCUT2D eigenvalue weighted by atomic mass is 10.0. The van der Waals surface area contributed by atoms with Crippen LogP contribution in [0.5, 0.6) is 0 Å². The summed E-state index contributed by atoms with van der Waals surface area (Å²) in [5.74, 6) is 0. The third kappa shape index (κ3) is 4.86. The molecule has 0 amide bonds. The van der Waals surface area contributed by atoms with Gasteiger partial charge in [-0.2, -0.15) is 0 Å². The van der Waals surface area contributed by atoms with Crippen LogP contribution in [0.1, 0.15) is 33.1 Å². The number of likely N-dealkylation sites (N-methyl/N-ethyl adjacent to an activating group) is 1. The molecule has 2 unspecified atom stereocenters. The van der Waals surface area contributed by atoms with E-state index in [1.165, 1.54) is 0 Å². The Balaban J connectivity index is 4.09. The molecule has 0 heterocycles. The molecule has 0 aromatic rings. The van der Waals surface area contributed by atoms with E-state index in [2.05, 4.69) is 6.92 Å². The van der Waals surface area contributed by atoms with Crippen LogP contribution in [-0.2, 0) is 0 Å². The van der Waals surface area contributed by atoms with E-state index in [1.54, 1.807) is 11.9 Å². The predicted molar refractivity (Wildman–Crippen MR) is 55.6 cm³/mol. The van der Waals surface area contributed by atoms with Gasteiger partial charge in [0.25, 0.3) is 6.43 Å². The predicted octanol–water partition coefficient (Wildman–Crippen LogP) is 2.09. The zero-order chi connectivity index (χ0) is 11.1. The summed E-state index contributed by atoms with van der Waals surface area (Å²) in [5, 5.41) is 0. The molecule has 2 nitrogen and oxygen atoms in total. The fourth-order valence-corrected chi connectivity index (χ4v) is 1.82. The summed E-state index contributed by atoms with van der Waals surface area (Å²) in [7, 11) is 1.72. The van der Waals surface area contributed by atoms with Crippen molar-refractivity contribution in [1.29, 1.82) is 0 Å². The van der Waals surface area contributed by atoms with Crippen LogP contribution >= 0.6 is 0 Å². The second-order valence-electron chi connectivity index (χ2n) is 3.76. The summed E-state index contributed by atoms with van der Waals surface area (Å²) < 4.78 is 24.3. The smallest absolute Gasteiger partial charge is 0.251 e. The van der Waals surface area contributed by atoms with E-state index in [0.717, 1.165) is 19.3 Å². The average Bonchev–Trinajstić information content (AvgIpc) is 2.04. The molecule has 0 rings (SSSR count). The first-order chi connectivity index (χ1) is 6.52. The van der Waals surface area contributed by atoms with Gasteiger partial charge in [0.2, 0.25) is 0 Å². The summed E-state index contributed by atoms with van der Waals surface area (Å²) in [6.45, 7) is 3.86. The van der Waals surface area contributed by atoms with Gasteiger partial charge < -0.3 is 5.73 Å². The summed E-state index contributed by atoms with van der Waals surface area (Å²) in [5.41, 5.74) is 5.93. The first-order valence-corrected chi connectivity index (χ1v) is 5.26. The lowest BCUT2D eigenvalue weighted by Crippen LogP contribution is -2.47. The molecule has 0 aliphatic heterocycles. The van der Waals surface area contributed by atoms with Crippen molar-refractivity contribution in [3.63, 3.8) is 0 Å². The third-order valence-electron chi connectivity index (χ3n) is 2.53. The lowest BCUT2D eigenvalue weighted by molar-refractivity contribution is 0.0720. The molecule has 2 atom stereocenters. The van der Waals surface area contributed by atoms with Crippen LogP contribution in [0.15, 0.2) is 0 Å². The Kier molecular flexibility index (Phi) is 7.01. The van der Waals surface area contributed by atoms with Gasteiger partial charge in [0.15, 0.2) is 0 Å². The molecule has 0 bridgehead atoms. The second-order valence-corrected chi connectivity index (χ2v) is 3.76. The van der Waals surface area contributed by atoms with Gasteiger partial charge in [-0.05, 0) is 19.9 Å². The monoisotopic (exact) mass is 208 g/mol. The first-order valence-electron chi connectivity index (χ1n) is 5.26. The number of rotatable bonds is 7. The van der Waals surface area contributed by atoms with Gasteiger partial charge in [-0.1, -0.05) is 20.3 Å². The third-order valence-corrected chi connectivity index (χ3v) is 2.53. The molecule has 14 heavy (non-hydrogen) atoms. The van der Waals surface area contributed by atoms with E-state index in [4.69, 9.17) is 5.73 Å². The van der Waals surface area contributed by atoms with Crippen LogP contribution in [0.4, 0.5) is 8.78 Å². The molecule has 0 aromatic heterocycles. The minimum Gasteiger partial charge on any atom is -0.326 e. The molecular formula is C10H22F2N2. The molecule has 0 aliphatic carbocycles. The Bertz CT molecular complexity index is 142. The fraction of sp³-hybridized carbons (Fsp3) is 1.00. The highest BCUT2D eigenvalue weighted by Gasteiger charge is 2.21. The number of halogens is 2. The van der Waals surface area contributed by atoms with Crippen molar-refractivity contribution in [1.82, 2.24) is 4.90 Å². The number of nitrogens with two attached hydrogens (primary N) is 1. The first kappa shape index (κ1) is 13.8. The van der Waals surface area contributed by atoms with Gasteiger partial charge >= 0.3 is 0 Å². The van der Waals surface area contributed by atoms with Crippen LogP contribution in [0.3, 0.4) is 0 Å². The standard InChI is InChI=1S/C10H22F2N2/c1-4-6-8(13)9(5-2)14(3)7-10(11)12/h8-10H,4-7,13H2,1-3H3. The zero-order valence-corrected chi connectivity index (χ0v) is 9.34. The van der Waals surface area contributed by atoms with Crippen molar-refractivity contribution in [3.8, 4) is 0 Å². The van der Waals surface area contributed by atoms with Gasteiger partial charge in [0, 0.05) is 12.1 Å². The summed E-state index contributed by atoms with van der Waals surface area (Å²) in [6, 6.07) is 0.0812. The van der Waals surface area contributed by atoms with E-state index < -0.39 is 6.43 Å². The number of alkyl halides is 2. The molecule has 0 fully saturated rings. The van der Waals surface area contributed by atoms with Crippen LogP contribution in [0.25, 0.3) is 0 Å². The van der Waals surface area contributed by atoms with Crippen LogP contribution < -0.4 is 5.73 Å². The maximum absolute atomic E-state index is 12.1. The van der Waals surface area contributed by atoms with Crippen molar-refractivity contribution in [2.75, 3.05) is 13.6 Å². The van der Waals surface area contributed by atoms with E-state index in [1.807, 2.05) is 6.92 Å². The summed E-state index contributed by atoms with van der Waals surface area (Å²) in [6.07, 6.45) is 0.444. The van der Waals surface area contributed by atoms with Crippen molar-refractivity contribution in [2.24, 2.45) is 5.73 Å². The Morgan fingerprint density at radius 3 is 2.21 bits per heavy atom. The lowest BCUT2D eigenvalue weighted by Gasteiger charge is -2.31. The second kappa shape index (κ2) is 7.12. The Hall–Kier alpha value is -0.220. The molecule has 0 radical (unpaired) electrons. The highest BCUT2D eigenvalue weighted by Crippen LogP contribution is 2.11. The van der Waals surface area contributed by atoms with Crippen LogP contribution in [-0.4, -0.2) is 37.0 Å². The molecule has 4 heteroatoms. The van der Waals surface area contributed by atoms with Gasteiger partial charge in [-0.3, -0.25) is 4.90 Å². The van der Waals surface area contributed by atoms with E-state index in [-0.39, 0.29) is 18.6 Å². The Labute approximate surface area is 85.5 Å². The van der Waals surface area contributed by atoms with E-state index >= 15 is 0 Å². The summed E-state index contributed by atoms with van der Waals surface area (Å²) in [4.78, 5) is 1.67. The highest BCUT2D eigenvalue weighted by molar-refractivity contribution is 4.79. The minimum atomic E-state index is -2.28. The molecule has 0 spiro atoms. The molecule has 0 saturated carbocycles. The van der Waals surface area contributed by atoms with Gasteiger partial charge in [0.05, 0.1) is 6.54 Å². The van der Waals surface area contributed by atoms with Gasteiger partial charge in [-0.25, -0.2) is 8.78 Å². The number of nitrogens with zero attached hydrogens (tertiary/aromatic N) is 1. The van der Waals surface area contributed by atoms with E-state index in [0.29, 0.717) is 0 Å². The molecular weight excluding hydrogens is 186 g/mol. The molecule has 0 saturated heterocycles. The van der Waals surface area contributed by atoms with Gasteiger partial charge in [-0.15, -0.1) is 0 Å². The average molecular weight is 208 g/mol. The summed E-state index contributed by atoms with van der Waals surface area (Å²) >= 11 is 0. The van der Waals surface area contributed by atoms with Crippen molar-refractivity contribution < 1.29 is 8.78 Å². The molecule has 2 N–H and O–H groups in total. The van der Waals surface area contributed by atoms with Crippen molar-refractivity contribution >= 4 is 0 Å². The number of hydrogen-bond acceptors (Lipinski definition) is 2.